The number of anilines is 2. The van der Waals surface area contributed by atoms with Crippen LogP contribution in [0.2, 0.25) is 0 Å². The van der Waals surface area contributed by atoms with Gasteiger partial charge < -0.3 is 10.6 Å². The molecule has 2 aromatic rings. The maximum absolute atomic E-state index is 12.1. The molecule has 0 aliphatic carbocycles. The Morgan fingerprint density at radius 1 is 1.14 bits per heavy atom. The average Bonchev–Trinajstić information content (AvgIpc) is 2.37. The van der Waals surface area contributed by atoms with E-state index in [1.54, 1.807) is 6.20 Å². The Bertz CT molecular complexity index is 629. The maximum atomic E-state index is 12.1. The van der Waals surface area contributed by atoms with Crippen molar-refractivity contribution in [3.8, 4) is 0 Å². The normalized spacial score (nSPS) is 11.0. The zero-order valence-corrected chi connectivity index (χ0v) is 12.8. The van der Waals surface area contributed by atoms with Gasteiger partial charge >= 0.3 is 0 Å². The molecule has 2 N–H and O–H groups in total. The first-order valence-electron chi connectivity index (χ1n) is 6.82. The van der Waals surface area contributed by atoms with Crippen LogP contribution in [0.3, 0.4) is 0 Å². The van der Waals surface area contributed by atoms with E-state index in [-0.39, 0.29) is 17.1 Å². The lowest BCUT2D eigenvalue weighted by molar-refractivity contribution is 0.102. The van der Waals surface area contributed by atoms with Crippen LogP contribution in [-0.2, 0) is 0 Å². The van der Waals surface area contributed by atoms with Crippen LogP contribution in [0.5, 0.6) is 0 Å². The summed E-state index contributed by atoms with van der Waals surface area (Å²) in [7, 11) is 0. The maximum Gasteiger partial charge on any atom is 0.275 e. The highest BCUT2D eigenvalue weighted by atomic mass is 16.1. The number of carbonyl (C=O) groups is 1. The summed E-state index contributed by atoms with van der Waals surface area (Å²) in [5.74, 6) is 0.380. The second-order valence-corrected chi connectivity index (χ2v) is 5.99. The number of aromatic nitrogens is 2. The molecule has 1 aromatic carbocycles. The first-order valence-corrected chi connectivity index (χ1v) is 6.82. The second-order valence-electron chi connectivity index (χ2n) is 5.99. The minimum absolute atomic E-state index is 0.0972. The lowest BCUT2D eigenvalue weighted by atomic mass is 10.1. The van der Waals surface area contributed by atoms with Crippen LogP contribution in [-0.4, -0.2) is 21.4 Å². The predicted molar refractivity (Wildman–Crippen MR) is 84.5 cm³/mol. The average molecular weight is 284 g/mol. The summed E-state index contributed by atoms with van der Waals surface area (Å²) in [4.78, 5) is 20.4. The molecule has 5 nitrogen and oxygen atoms in total. The largest absolute Gasteiger partial charge is 0.364 e. The first kappa shape index (κ1) is 15.0. The van der Waals surface area contributed by atoms with E-state index in [4.69, 9.17) is 0 Å². The second kappa shape index (κ2) is 5.91. The fraction of sp³-hybridized carbons (Fsp3) is 0.312. The van der Waals surface area contributed by atoms with E-state index in [2.05, 4.69) is 20.6 Å². The van der Waals surface area contributed by atoms with Crippen molar-refractivity contribution in [1.29, 1.82) is 0 Å². The molecular weight excluding hydrogens is 264 g/mol. The molecule has 0 fully saturated rings. The van der Waals surface area contributed by atoms with Gasteiger partial charge in [0.25, 0.3) is 5.91 Å². The van der Waals surface area contributed by atoms with Crippen molar-refractivity contribution >= 4 is 17.4 Å². The molecule has 0 atom stereocenters. The molecule has 1 heterocycles. The predicted octanol–water partition coefficient (Wildman–Crippen LogP) is 3.25. The van der Waals surface area contributed by atoms with Crippen molar-refractivity contribution in [2.45, 2.75) is 33.2 Å². The lowest BCUT2D eigenvalue weighted by Gasteiger charge is -2.20. The van der Waals surface area contributed by atoms with Crippen molar-refractivity contribution in [2.75, 3.05) is 10.6 Å². The molecule has 0 bridgehead atoms. The van der Waals surface area contributed by atoms with Crippen LogP contribution in [0.25, 0.3) is 0 Å². The Morgan fingerprint density at radius 2 is 1.90 bits per heavy atom. The van der Waals surface area contributed by atoms with Gasteiger partial charge in [0.2, 0.25) is 0 Å². The number of nitrogens with one attached hydrogen (secondary N) is 2. The number of nitrogens with zero attached hydrogens (tertiary/aromatic N) is 2. The summed E-state index contributed by atoms with van der Waals surface area (Å²) < 4.78 is 0. The highest BCUT2D eigenvalue weighted by molar-refractivity contribution is 6.02. The van der Waals surface area contributed by atoms with E-state index in [1.807, 2.05) is 52.0 Å². The minimum Gasteiger partial charge on any atom is -0.364 e. The Kier molecular flexibility index (Phi) is 4.21. The third-order valence-electron chi connectivity index (χ3n) is 2.66. The third-order valence-corrected chi connectivity index (χ3v) is 2.66. The molecule has 21 heavy (non-hydrogen) atoms. The van der Waals surface area contributed by atoms with Gasteiger partial charge in [-0.2, -0.15) is 0 Å². The van der Waals surface area contributed by atoms with Gasteiger partial charge in [0.05, 0.1) is 12.4 Å². The molecule has 0 unspecified atom stereocenters. The van der Waals surface area contributed by atoms with Crippen molar-refractivity contribution < 1.29 is 4.79 Å². The molecule has 5 heteroatoms. The lowest BCUT2D eigenvalue weighted by Crippen LogP contribution is -2.27. The molecule has 0 saturated carbocycles. The summed E-state index contributed by atoms with van der Waals surface area (Å²) in [6.07, 6.45) is 3.04. The number of carbonyl (C=O) groups excluding carboxylic acids is 1. The van der Waals surface area contributed by atoms with Gasteiger partial charge in [-0.3, -0.25) is 4.79 Å². The van der Waals surface area contributed by atoms with Crippen molar-refractivity contribution in [3.63, 3.8) is 0 Å². The van der Waals surface area contributed by atoms with Crippen molar-refractivity contribution in [1.82, 2.24) is 9.97 Å². The van der Waals surface area contributed by atoms with Gasteiger partial charge in [-0.15, -0.1) is 0 Å². The molecule has 2 rings (SSSR count). The number of aryl methyl sites for hydroxylation is 1. The van der Waals surface area contributed by atoms with E-state index in [0.29, 0.717) is 5.82 Å². The zero-order chi connectivity index (χ0) is 15.5. The van der Waals surface area contributed by atoms with Crippen LogP contribution in [0.4, 0.5) is 11.5 Å². The van der Waals surface area contributed by atoms with Crippen molar-refractivity contribution in [3.05, 3.63) is 47.9 Å². The SMILES string of the molecule is Cc1cccc(NC(=O)c2cnc(NC(C)(C)C)cn2)c1. The molecule has 1 aromatic heterocycles. The van der Waals surface area contributed by atoms with Gasteiger partial charge in [-0.1, -0.05) is 12.1 Å². The Morgan fingerprint density at radius 3 is 2.48 bits per heavy atom. The van der Waals surface area contributed by atoms with Crippen LogP contribution in [0.15, 0.2) is 36.7 Å². The summed E-state index contributed by atoms with van der Waals surface area (Å²) in [6, 6.07) is 7.62. The minimum atomic E-state index is -0.268. The Labute approximate surface area is 124 Å². The number of hydrogen-bond acceptors (Lipinski definition) is 4. The summed E-state index contributed by atoms with van der Waals surface area (Å²) in [5, 5.41) is 6.00. The highest BCUT2D eigenvalue weighted by Crippen LogP contribution is 2.13. The molecular formula is C16H20N4O. The van der Waals surface area contributed by atoms with Crippen LogP contribution in [0.1, 0.15) is 36.8 Å². The third kappa shape index (κ3) is 4.56. The van der Waals surface area contributed by atoms with E-state index in [1.165, 1.54) is 6.20 Å². The van der Waals surface area contributed by atoms with Gasteiger partial charge in [0.1, 0.15) is 11.5 Å². The smallest absolute Gasteiger partial charge is 0.275 e. The molecule has 0 radical (unpaired) electrons. The number of benzene rings is 1. The van der Waals surface area contributed by atoms with Crippen molar-refractivity contribution in [2.24, 2.45) is 0 Å². The fourth-order valence-electron chi connectivity index (χ4n) is 1.81. The van der Waals surface area contributed by atoms with E-state index in [9.17, 15) is 4.79 Å². The summed E-state index contributed by atoms with van der Waals surface area (Å²) in [6.45, 7) is 8.08. The van der Waals surface area contributed by atoms with Gasteiger partial charge in [0.15, 0.2) is 0 Å². The van der Waals surface area contributed by atoms with Crippen LogP contribution < -0.4 is 10.6 Å². The number of rotatable bonds is 3. The van der Waals surface area contributed by atoms with Gasteiger partial charge in [0, 0.05) is 11.2 Å². The number of hydrogen-bond donors (Lipinski definition) is 2. The molecule has 0 aliphatic heterocycles. The molecule has 1 amide bonds. The highest BCUT2D eigenvalue weighted by Gasteiger charge is 2.12. The fourth-order valence-corrected chi connectivity index (χ4v) is 1.81. The zero-order valence-electron chi connectivity index (χ0n) is 12.8. The Balaban J connectivity index is 2.06. The first-order chi connectivity index (χ1) is 9.83. The molecule has 0 spiro atoms. The summed E-state index contributed by atoms with van der Waals surface area (Å²) in [5.41, 5.74) is 2.03. The monoisotopic (exact) mass is 284 g/mol. The molecule has 0 saturated heterocycles. The van der Waals surface area contributed by atoms with Crippen LogP contribution in [0, 0.1) is 6.92 Å². The Hall–Kier alpha value is -2.43. The van der Waals surface area contributed by atoms with Crippen LogP contribution >= 0.6 is 0 Å². The van der Waals surface area contributed by atoms with E-state index < -0.39 is 0 Å². The number of amides is 1. The quantitative estimate of drug-likeness (QED) is 0.908. The molecule has 0 aliphatic rings. The standard InChI is InChI=1S/C16H20N4O/c1-11-6-5-7-12(8-11)19-15(21)13-9-18-14(10-17-13)20-16(2,3)4/h5-10H,1-4H3,(H,18,20)(H,19,21). The van der Waals surface area contributed by atoms with E-state index >= 15 is 0 Å². The summed E-state index contributed by atoms with van der Waals surface area (Å²) >= 11 is 0. The van der Waals surface area contributed by atoms with Gasteiger partial charge in [-0.25, -0.2) is 9.97 Å². The van der Waals surface area contributed by atoms with Gasteiger partial charge in [-0.05, 0) is 45.4 Å². The van der Waals surface area contributed by atoms with E-state index in [0.717, 1.165) is 11.3 Å². The topological polar surface area (TPSA) is 66.9 Å². The molecule has 110 valence electrons.